The van der Waals surface area contributed by atoms with Gasteiger partial charge in [-0.1, -0.05) is 292 Å². The van der Waals surface area contributed by atoms with E-state index in [-0.39, 0.29) is 18.9 Å². The number of amides is 1. The molecule has 1 amide bonds. The summed E-state index contributed by atoms with van der Waals surface area (Å²) >= 11 is 0. The largest absolute Gasteiger partial charge is 0.394 e. The number of ether oxygens (including phenoxy) is 6. The fraction of sp³-hybridized carbons (Fsp3) is 0.841. The van der Waals surface area contributed by atoms with E-state index in [1.54, 1.807) is 6.08 Å². The summed E-state index contributed by atoms with van der Waals surface area (Å²) in [6.07, 6.45) is 54.7. The zero-order valence-electron chi connectivity index (χ0n) is 62.9. The van der Waals surface area contributed by atoms with Crippen LogP contribution in [-0.2, 0) is 33.2 Å². The molecule has 0 aromatic rings. The third-order valence-corrected chi connectivity index (χ3v) is 20.0. The maximum Gasteiger partial charge on any atom is 0.220 e. The standard InChI is InChI=1S/C82H147NO18/c1-3-5-7-9-11-13-15-17-19-21-23-25-26-27-28-29-30-31-32-33-34-35-36-37-38-40-42-44-46-48-50-52-54-56-58-60-70(88)83-65(66(87)59-57-55-53-51-49-47-45-43-41-39-24-22-20-18-16-14-12-10-8-6-4-2)64-96-80-76(94)73(91)78(68(62-85)98-80)101-82-77(95)74(92)79(69(63-86)99-82)100-81-75(93)72(90)71(89)67(61-84)97-81/h15,17,21,23,26-27,41,43,49,51,57,59,65-69,71-82,84-87,89-95H,3-14,16,18-20,22,24-25,28-40,42,44-48,50,52-56,58,60-64H2,1-2H3,(H,83,88)/b17-15-,23-21-,27-26-,43-41+,51-49+,59-57+. The van der Waals surface area contributed by atoms with E-state index in [0.29, 0.717) is 12.8 Å². The fourth-order valence-electron chi connectivity index (χ4n) is 13.4. The van der Waals surface area contributed by atoms with Crippen molar-refractivity contribution < 1.29 is 89.4 Å². The smallest absolute Gasteiger partial charge is 0.220 e. The number of hydrogen-bond donors (Lipinski definition) is 12. The van der Waals surface area contributed by atoms with Gasteiger partial charge >= 0.3 is 0 Å². The molecule has 3 fully saturated rings. The number of rotatable bonds is 64. The second-order valence-electron chi connectivity index (χ2n) is 28.9. The summed E-state index contributed by atoms with van der Waals surface area (Å²) in [5.41, 5.74) is 0. The van der Waals surface area contributed by atoms with Gasteiger partial charge in [0.05, 0.1) is 38.6 Å². The van der Waals surface area contributed by atoms with Crippen LogP contribution in [0.1, 0.15) is 309 Å². The molecule has 3 heterocycles. The van der Waals surface area contributed by atoms with Crippen molar-refractivity contribution in [2.75, 3.05) is 26.4 Å². The SMILES string of the molecule is CCCCCCC/C=C\C/C=C\C/C=C\CCCCCCCCCCCCCCCCCCCCCCC(=O)NC(COC1OC(CO)C(OC2OC(CO)C(OC3OC(CO)C(O)C(O)C3O)C(O)C2O)C(O)C1O)C(O)/C=C/CC/C=C/CC/C=C/CCCCCCCCCCCCC. The lowest BCUT2D eigenvalue weighted by Crippen LogP contribution is -2.66. The minimum Gasteiger partial charge on any atom is -0.394 e. The molecular weight excluding hydrogens is 1290 g/mol. The molecule has 19 heteroatoms. The highest BCUT2D eigenvalue weighted by Crippen LogP contribution is 2.33. The van der Waals surface area contributed by atoms with Gasteiger partial charge in [-0.3, -0.25) is 4.79 Å². The van der Waals surface area contributed by atoms with E-state index < -0.39 is 124 Å². The van der Waals surface area contributed by atoms with E-state index in [1.807, 2.05) is 6.08 Å². The van der Waals surface area contributed by atoms with Crippen molar-refractivity contribution >= 4 is 5.91 Å². The summed E-state index contributed by atoms with van der Waals surface area (Å²) in [6.45, 7) is 1.72. The van der Waals surface area contributed by atoms with Gasteiger partial charge in [-0.15, -0.1) is 0 Å². The van der Waals surface area contributed by atoms with Gasteiger partial charge in [-0.2, -0.15) is 0 Å². The lowest BCUT2D eigenvalue weighted by atomic mass is 9.96. The zero-order valence-corrected chi connectivity index (χ0v) is 62.9. The van der Waals surface area contributed by atoms with Crippen molar-refractivity contribution in [3.63, 3.8) is 0 Å². The first-order valence-corrected chi connectivity index (χ1v) is 40.7. The first-order valence-electron chi connectivity index (χ1n) is 40.7. The monoisotopic (exact) mass is 1430 g/mol. The second-order valence-corrected chi connectivity index (χ2v) is 28.9. The Morgan fingerprint density at radius 3 is 1.06 bits per heavy atom. The molecule has 588 valence electrons. The Bertz CT molecular complexity index is 2110. The lowest BCUT2D eigenvalue weighted by molar-refractivity contribution is -0.379. The third-order valence-electron chi connectivity index (χ3n) is 20.0. The van der Waals surface area contributed by atoms with Crippen molar-refractivity contribution in [2.45, 2.75) is 413 Å². The van der Waals surface area contributed by atoms with Gasteiger partial charge in [0.1, 0.15) is 73.2 Å². The summed E-state index contributed by atoms with van der Waals surface area (Å²) in [7, 11) is 0. The van der Waals surface area contributed by atoms with Gasteiger partial charge in [-0.25, -0.2) is 0 Å². The molecule has 101 heavy (non-hydrogen) atoms. The highest BCUT2D eigenvalue weighted by molar-refractivity contribution is 5.76. The van der Waals surface area contributed by atoms with Gasteiger partial charge in [0.15, 0.2) is 18.9 Å². The van der Waals surface area contributed by atoms with Crippen LogP contribution in [0.25, 0.3) is 0 Å². The molecule has 0 aromatic heterocycles. The first-order chi connectivity index (χ1) is 49.3. The Hall–Kier alpha value is -2.77. The van der Waals surface area contributed by atoms with Crippen LogP contribution in [0, 0.1) is 0 Å². The average Bonchev–Trinajstić information content (AvgIpc) is 0.782. The topological polar surface area (TPSA) is 307 Å². The predicted octanol–water partition coefficient (Wildman–Crippen LogP) is 13.6. The van der Waals surface area contributed by atoms with Crippen LogP contribution in [0.4, 0.5) is 0 Å². The molecule has 0 aliphatic carbocycles. The average molecular weight is 1440 g/mol. The third kappa shape index (κ3) is 42.4. The van der Waals surface area contributed by atoms with E-state index in [1.165, 1.54) is 218 Å². The van der Waals surface area contributed by atoms with Crippen LogP contribution >= 0.6 is 0 Å². The highest BCUT2D eigenvalue weighted by Gasteiger charge is 2.54. The number of hydrogen-bond acceptors (Lipinski definition) is 18. The maximum atomic E-state index is 13.5. The molecule has 0 bridgehead atoms. The molecule has 0 spiro atoms. The number of carbonyl (C=O) groups excluding carboxylic acids is 1. The number of unbranched alkanes of at least 4 members (excludes halogenated alkanes) is 38. The minimum absolute atomic E-state index is 0.232. The number of aliphatic hydroxyl groups is 11. The van der Waals surface area contributed by atoms with Crippen LogP contribution in [-0.4, -0.2) is 193 Å². The Morgan fingerprint density at radius 1 is 0.356 bits per heavy atom. The molecule has 3 aliphatic heterocycles. The number of allylic oxidation sites excluding steroid dienone is 11. The van der Waals surface area contributed by atoms with E-state index in [2.05, 4.69) is 79.9 Å². The van der Waals surface area contributed by atoms with Gasteiger partial charge in [0.2, 0.25) is 5.91 Å². The molecule has 3 rings (SSSR count). The summed E-state index contributed by atoms with van der Waals surface area (Å²) in [4.78, 5) is 13.5. The quantitative estimate of drug-likeness (QED) is 0.0199. The van der Waals surface area contributed by atoms with Crippen LogP contribution < -0.4 is 5.32 Å². The van der Waals surface area contributed by atoms with E-state index in [0.717, 1.165) is 57.8 Å². The van der Waals surface area contributed by atoms with Crippen molar-refractivity contribution in [1.29, 1.82) is 0 Å². The molecular formula is C82H147NO18. The molecule has 17 unspecified atom stereocenters. The van der Waals surface area contributed by atoms with E-state index in [4.69, 9.17) is 28.4 Å². The Morgan fingerprint density at radius 2 is 0.663 bits per heavy atom. The zero-order chi connectivity index (χ0) is 73.2. The normalized spacial score (nSPS) is 26.7. The Balaban J connectivity index is 1.36. The van der Waals surface area contributed by atoms with Gasteiger partial charge in [-0.05, 0) is 83.5 Å². The Kier molecular flexibility index (Phi) is 57.0. The van der Waals surface area contributed by atoms with Crippen molar-refractivity contribution in [3.8, 4) is 0 Å². The molecule has 3 aliphatic rings. The molecule has 17 atom stereocenters. The Labute approximate surface area is 610 Å². The fourth-order valence-corrected chi connectivity index (χ4v) is 13.4. The van der Waals surface area contributed by atoms with Gasteiger partial charge in [0, 0.05) is 6.42 Å². The van der Waals surface area contributed by atoms with E-state index >= 15 is 0 Å². The van der Waals surface area contributed by atoms with Crippen molar-refractivity contribution in [2.24, 2.45) is 0 Å². The van der Waals surface area contributed by atoms with Crippen LogP contribution in [0.2, 0.25) is 0 Å². The molecule has 0 radical (unpaired) electrons. The molecule has 0 saturated carbocycles. The van der Waals surface area contributed by atoms with Crippen LogP contribution in [0.15, 0.2) is 72.9 Å². The highest BCUT2D eigenvalue weighted by atomic mass is 16.8. The number of carbonyl (C=O) groups is 1. The molecule has 3 saturated heterocycles. The number of nitrogens with one attached hydrogen (secondary N) is 1. The second kappa shape index (κ2) is 62.3. The predicted molar refractivity (Wildman–Crippen MR) is 401 cm³/mol. The van der Waals surface area contributed by atoms with Crippen LogP contribution in [0.5, 0.6) is 0 Å². The summed E-state index contributed by atoms with van der Waals surface area (Å²) in [6, 6.07) is -0.999. The van der Waals surface area contributed by atoms with Crippen molar-refractivity contribution in [1.82, 2.24) is 5.32 Å². The van der Waals surface area contributed by atoms with Crippen molar-refractivity contribution in [3.05, 3.63) is 72.9 Å². The summed E-state index contributed by atoms with van der Waals surface area (Å²) in [5, 5.41) is 121. The number of aliphatic hydroxyl groups excluding tert-OH is 11. The maximum absolute atomic E-state index is 13.5. The summed E-state index contributed by atoms with van der Waals surface area (Å²) in [5.74, 6) is -0.287. The molecule has 12 N–H and O–H groups in total. The lowest BCUT2D eigenvalue weighted by Gasteiger charge is -2.48. The first kappa shape index (κ1) is 92.4. The van der Waals surface area contributed by atoms with Crippen LogP contribution in [0.3, 0.4) is 0 Å². The minimum atomic E-state index is -1.98. The van der Waals surface area contributed by atoms with E-state index in [9.17, 15) is 61.0 Å². The van der Waals surface area contributed by atoms with Gasteiger partial charge < -0.3 is 89.9 Å². The van der Waals surface area contributed by atoms with Gasteiger partial charge in [0.25, 0.3) is 0 Å². The molecule has 19 nitrogen and oxygen atoms in total. The summed E-state index contributed by atoms with van der Waals surface area (Å²) < 4.78 is 34.4. The molecule has 0 aromatic carbocycles.